The minimum atomic E-state index is -1.13. The number of benzene rings is 1. The van der Waals surface area contributed by atoms with E-state index < -0.39 is 10.9 Å². The van der Waals surface area contributed by atoms with Crippen LogP contribution in [0.3, 0.4) is 0 Å². The Morgan fingerprint density at radius 2 is 1.87 bits per heavy atom. The largest absolute Gasteiger partial charge is 0.478 e. The molecule has 1 N–H and O–H groups in total. The van der Waals surface area contributed by atoms with E-state index >= 15 is 0 Å². The molecule has 0 radical (unpaired) electrons. The molecule has 0 saturated carbocycles. The average molecular weight is 209 g/mol. The van der Waals surface area contributed by atoms with Gasteiger partial charge < -0.3 is 5.11 Å². The summed E-state index contributed by atoms with van der Waals surface area (Å²) in [4.78, 5) is 21.1. The molecule has 1 aromatic rings. The quantitative estimate of drug-likeness (QED) is 0.598. The highest BCUT2D eigenvalue weighted by Gasteiger charge is 2.22. The van der Waals surface area contributed by atoms with Crippen LogP contribution in [0.15, 0.2) is 6.07 Å². The molecule has 0 bridgehead atoms. The molecule has 0 fully saturated rings. The van der Waals surface area contributed by atoms with Crippen molar-refractivity contribution in [2.75, 3.05) is 0 Å². The Labute approximate surface area is 86.5 Å². The van der Waals surface area contributed by atoms with Gasteiger partial charge in [0.2, 0.25) is 0 Å². The zero-order valence-corrected chi connectivity index (χ0v) is 8.70. The van der Waals surface area contributed by atoms with E-state index in [0.29, 0.717) is 11.1 Å². The number of rotatable bonds is 2. The van der Waals surface area contributed by atoms with E-state index in [2.05, 4.69) is 0 Å². The van der Waals surface area contributed by atoms with Gasteiger partial charge in [0.05, 0.1) is 10.5 Å². The summed E-state index contributed by atoms with van der Waals surface area (Å²) in [6.07, 6.45) is 0. The van der Waals surface area contributed by atoms with Gasteiger partial charge in [-0.05, 0) is 32.4 Å². The Hall–Kier alpha value is -1.91. The highest BCUT2D eigenvalue weighted by molar-refractivity contribution is 5.92. The van der Waals surface area contributed by atoms with Crippen molar-refractivity contribution < 1.29 is 14.8 Å². The van der Waals surface area contributed by atoms with E-state index in [4.69, 9.17) is 5.11 Å². The molecule has 5 nitrogen and oxygen atoms in total. The minimum Gasteiger partial charge on any atom is -0.478 e. The van der Waals surface area contributed by atoms with Gasteiger partial charge in [-0.25, -0.2) is 4.79 Å². The van der Waals surface area contributed by atoms with E-state index in [1.54, 1.807) is 13.8 Å². The normalized spacial score (nSPS) is 10.1. The molecule has 0 spiro atoms. The van der Waals surface area contributed by atoms with E-state index in [9.17, 15) is 14.9 Å². The smallest absolute Gasteiger partial charge is 0.336 e. The number of carbonyl (C=O) groups is 1. The van der Waals surface area contributed by atoms with E-state index in [1.165, 1.54) is 13.0 Å². The standard InChI is InChI=1S/C10H11NO4/c1-5-4-6(2)9(11(14)15)7(3)8(5)10(12)13/h4H,1-3H3,(H,12,13). The Bertz CT molecular complexity index is 413. The number of nitro benzene ring substituents is 1. The van der Waals surface area contributed by atoms with E-state index in [-0.39, 0.29) is 16.8 Å². The van der Waals surface area contributed by atoms with Crippen molar-refractivity contribution in [1.82, 2.24) is 0 Å². The van der Waals surface area contributed by atoms with Gasteiger partial charge in [0, 0.05) is 11.1 Å². The third kappa shape index (κ3) is 1.81. The van der Waals surface area contributed by atoms with Crippen LogP contribution in [0.2, 0.25) is 0 Å². The molecule has 0 aliphatic carbocycles. The summed E-state index contributed by atoms with van der Waals surface area (Å²) in [5, 5.41) is 19.7. The lowest BCUT2D eigenvalue weighted by atomic mass is 9.97. The molecule has 15 heavy (non-hydrogen) atoms. The van der Waals surface area contributed by atoms with Crippen molar-refractivity contribution in [3.8, 4) is 0 Å². The second-order valence-corrected chi connectivity index (χ2v) is 3.42. The topological polar surface area (TPSA) is 80.4 Å². The van der Waals surface area contributed by atoms with Gasteiger partial charge in [-0.1, -0.05) is 0 Å². The Balaban J connectivity index is 3.64. The summed E-state index contributed by atoms with van der Waals surface area (Å²) < 4.78 is 0. The molecule has 0 aliphatic heterocycles. The molecule has 5 heteroatoms. The van der Waals surface area contributed by atoms with Gasteiger partial charge in [-0.2, -0.15) is 0 Å². The van der Waals surface area contributed by atoms with Crippen LogP contribution in [0.1, 0.15) is 27.0 Å². The molecule has 80 valence electrons. The molecule has 0 amide bonds. The lowest BCUT2D eigenvalue weighted by molar-refractivity contribution is -0.386. The molecular weight excluding hydrogens is 198 g/mol. The molecule has 0 unspecified atom stereocenters. The summed E-state index contributed by atoms with van der Waals surface area (Å²) in [5.74, 6) is -1.13. The van der Waals surface area contributed by atoms with Gasteiger partial charge in [-0.3, -0.25) is 10.1 Å². The van der Waals surface area contributed by atoms with Crippen LogP contribution in [0.5, 0.6) is 0 Å². The van der Waals surface area contributed by atoms with Crippen LogP contribution in [0, 0.1) is 30.9 Å². The van der Waals surface area contributed by atoms with Gasteiger partial charge >= 0.3 is 5.97 Å². The first kappa shape index (κ1) is 11.2. The molecule has 0 aromatic heterocycles. The molecule has 0 heterocycles. The number of carboxylic acid groups (broad SMARTS) is 1. The van der Waals surface area contributed by atoms with Gasteiger partial charge in [-0.15, -0.1) is 0 Å². The molecule has 0 aliphatic rings. The maximum Gasteiger partial charge on any atom is 0.336 e. The van der Waals surface area contributed by atoms with Crippen LogP contribution >= 0.6 is 0 Å². The van der Waals surface area contributed by atoms with Crippen molar-refractivity contribution in [2.45, 2.75) is 20.8 Å². The predicted molar refractivity (Wildman–Crippen MR) is 54.3 cm³/mol. The highest BCUT2D eigenvalue weighted by atomic mass is 16.6. The van der Waals surface area contributed by atoms with Crippen LogP contribution in [-0.4, -0.2) is 16.0 Å². The van der Waals surface area contributed by atoms with Crippen molar-refractivity contribution in [3.63, 3.8) is 0 Å². The third-order valence-electron chi connectivity index (χ3n) is 2.33. The minimum absolute atomic E-state index is 0.0206. The van der Waals surface area contributed by atoms with E-state index in [0.717, 1.165) is 0 Å². The average Bonchev–Trinajstić information content (AvgIpc) is 1.99. The first-order valence-corrected chi connectivity index (χ1v) is 4.34. The van der Waals surface area contributed by atoms with Gasteiger partial charge in [0.25, 0.3) is 5.69 Å². The number of carboxylic acids is 1. The first-order valence-electron chi connectivity index (χ1n) is 4.34. The van der Waals surface area contributed by atoms with Crippen molar-refractivity contribution in [1.29, 1.82) is 0 Å². The summed E-state index contributed by atoms with van der Waals surface area (Å²) in [7, 11) is 0. The van der Waals surface area contributed by atoms with Gasteiger partial charge in [0.1, 0.15) is 0 Å². The monoisotopic (exact) mass is 209 g/mol. The molecular formula is C10H11NO4. The number of hydrogen-bond donors (Lipinski definition) is 1. The lowest BCUT2D eigenvalue weighted by Gasteiger charge is -2.08. The Morgan fingerprint density at radius 3 is 2.27 bits per heavy atom. The summed E-state index contributed by atoms with van der Waals surface area (Å²) in [6, 6.07) is 1.52. The van der Waals surface area contributed by atoms with E-state index in [1.807, 2.05) is 0 Å². The number of aryl methyl sites for hydroxylation is 2. The van der Waals surface area contributed by atoms with Crippen LogP contribution in [-0.2, 0) is 0 Å². The number of nitrogens with zero attached hydrogens (tertiary/aromatic N) is 1. The van der Waals surface area contributed by atoms with Crippen molar-refractivity contribution in [3.05, 3.63) is 38.4 Å². The highest BCUT2D eigenvalue weighted by Crippen LogP contribution is 2.28. The SMILES string of the molecule is Cc1cc(C)c([N+](=O)[O-])c(C)c1C(=O)O. The fourth-order valence-electron chi connectivity index (χ4n) is 1.79. The third-order valence-corrected chi connectivity index (χ3v) is 2.33. The van der Waals surface area contributed by atoms with Crippen molar-refractivity contribution in [2.24, 2.45) is 0 Å². The van der Waals surface area contributed by atoms with Crippen LogP contribution < -0.4 is 0 Å². The Morgan fingerprint density at radius 1 is 1.33 bits per heavy atom. The summed E-state index contributed by atoms with van der Waals surface area (Å²) in [6.45, 7) is 4.69. The number of hydrogen-bond acceptors (Lipinski definition) is 3. The van der Waals surface area contributed by atoms with Crippen molar-refractivity contribution >= 4 is 11.7 Å². The second-order valence-electron chi connectivity index (χ2n) is 3.42. The maximum atomic E-state index is 10.9. The lowest BCUT2D eigenvalue weighted by Crippen LogP contribution is -2.07. The molecule has 1 rings (SSSR count). The van der Waals surface area contributed by atoms with Crippen LogP contribution in [0.25, 0.3) is 0 Å². The summed E-state index contributed by atoms with van der Waals surface area (Å²) in [5.41, 5.74) is 1.15. The maximum absolute atomic E-state index is 10.9. The predicted octanol–water partition coefficient (Wildman–Crippen LogP) is 2.22. The fourth-order valence-corrected chi connectivity index (χ4v) is 1.79. The van der Waals surface area contributed by atoms with Crippen LogP contribution in [0.4, 0.5) is 5.69 Å². The number of nitro groups is 1. The molecule has 1 aromatic carbocycles. The van der Waals surface area contributed by atoms with Gasteiger partial charge in [0.15, 0.2) is 0 Å². The fraction of sp³-hybridized carbons (Fsp3) is 0.300. The second kappa shape index (κ2) is 3.68. The summed E-state index contributed by atoms with van der Waals surface area (Å²) >= 11 is 0. The zero-order chi connectivity index (χ0) is 11.7. The Kier molecular flexibility index (Phi) is 2.74. The molecule has 0 atom stereocenters. The zero-order valence-electron chi connectivity index (χ0n) is 8.70. The number of aromatic carboxylic acids is 1. The first-order chi connectivity index (χ1) is 6.86. The molecule has 0 saturated heterocycles.